The number of anilines is 1. The number of rotatable bonds is 4. The van der Waals surface area contributed by atoms with Crippen LogP contribution in [0.1, 0.15) is 27.4 Å². The van der Waals surface area contributed by atoms with Gasteiger partial charge in [0, 0.05) is 22.3 Å². The van der Waals surface area contributed by atoms with E-state index in [1.807, 2.05) is 13.8 Å². The number of carboxylic acid groups (broad SMARTS) is 1. The SMILES string of the molecule is Cc1noc(C)c1CNc1ccc(C(=O)O)cc1Br. The molecule has 2 aromatic rings. The second-order valence-corrected chi connectivity index (χ2v) is 5.01. The number of aromatic nitrogens is 1. The summed E-state index contributed by atoms with van der Waals surface area (Å²) < 4.78 is 5.79. The van der Waals surface area contributed by atoms with Crippen LogP contribution in [-0.4, -0.2) is 16.2 Å². The third-order valence-electron chi connectivity index (χ3n) is 2.85. The van der Waals surface area contributed by atoms with E-state index in [4.69, 9.17) is 9.63 Å². The molecular formula is C13H13BrN2O3. The molecule has 0 spiro atoms. The lowest BCUT2D eigenvalue weighted by atomic mass is 10.2. The van der Waals surface area contributed by atoms with Crippen LogP contribution in [0.2, 0.25) is 0 Å². The molecule has 5 nitrogen and oxygen atoms in total. The summed E-state index contributed by atoms with van der Waals surface area (Å²) in [5.74, 6) is -0.166. The summed E-state index contributed by atoms with van der Waals surface area (Å²) in [6.45, 7) is 4.32. The van der Waals surface area contributed by atoms with Gasteiger partial charge in [0.15, 0.2) is 0 Å². The molecule has 0 bridgehead atoms. The number of hydrogen-bond donors (Lipinski definition) is 2. The fourth-order valence-electron chi connectivity index (χ4n) is 1.73. The number of carboxylic acids is 1. The van der Waals surface area contributed by atoms with Crippen molar-refractivity contribution in [3.63, 3.8) is 0 Å². The van der Waals surface area contributed by atoms with Crippen LogP contribution < -0.4 is 5.32 Å². The van der Waals surface area contributed by atoms with E-state index in [9.17, 15) is 4.79 Å². The van der Waals surface area contributed by atoms with Crippen molar-refractivity contribution in [3.05, 3.63) is 45.3 Å². The first-order valence-corrected chi connectivity index (χ1v) is 6.47. The number of benzene rings is 1. The van der Waals surface area contributed by atoms with E-state index >= 15 is 0 Å². The van der Waals surface area contributed by atoms with Crippen molar-refractivity contribution in [1.82, 2.24) is 5.16 Å². The number of nitrogens with zero attached hydrogens (tertiary/aromatic N) is 1. The molecule has 0 aliphatic rings. The minimum absolute atomic E-state index is 0.245. The Labute approximate surface area is 118 Å². The molecular weight excluding hydrogens is 312 g/mol. The Bertz CT molecular complexity index is 603. The number of aromatic carboxylic acids is 1. The predicted molar refractivity (Wildman–Crippen MR) is 74.4 cm³/mol. The number of carbonyl (C=O) groups is 1. The number of nitrogens with one attached hydrogen (secondary N) is 1. The summed E-state index contributed by atoms with van der Waals surface area (Å²) in [5.41, 5.74) is 2.93. The van der Waals surface area contributed by atoms with Crippen molar-refractivity contribution in [2.45, 2.75) is 20.4 Å². The van der Waals surface area contributed by atoms with Crippen molar-refractivity contribution in [2.75, 3.05) is 5.32 Å². The maximum Gasteiger partial charge on any atom is 0.335 e. The van der Waals surface area contributed by atoms with Gasteiger partial charge in [0.2, 0.25) is 0 Å². The maximum absolute atomic E-state index is 10.8. The van der Waals surface area contributed by atoms with Crippen LogP contribution in [0.4, 0.5) is 5.69 Å². The van der Waals surface area contributed by atoms with Crippen LogP contribution in [0.5, 0.6) is 0 Å². The zero-order chi connectivity index (χ0) is 14.0. The minimum Gasteiger partial charge on any atom is -0.478 e. The normalized spacial score (nSPS) is 10.5. The first-order valence-electron chi connectivity index (χ1n) is 5.67. The summed E-state index contributed by atoms with van der Waals surface area (Å²) >= 11 is 3.35. The van der Waals surface area contributed by atoms with Gasteiger partial charge in [-0.15, -0.1) is 0 Å². The second kappa shape index (κ2) is 5.44. The lowest BCUT2D eigenvalue weighted by molar-refractivity contribution is 0.0697. The van der Waals surface area contributed by atoms with Crippen LogP contribution in [0.15, 0.2) is 27.2 Å². The molecule has 1 aromatic heterocycles. The zero-order valence-corrected chi connectivity index (χ0v) is 12.1. The first kappa shape index (κ1) is 13.6. The maximum atomic E-state index is 10.8. The van der Waals surface area contributed by atoms with Gasteiger partial charge in [0.1, 0.15) is 5.76 Å². The fraction of sp³-hybridized carbons (Fsp3) is 0.231. The second-order valence-electron chi connectivity index (χ2n) is 4.16. The lowest BCUT2D eigenvalue weighted by Gasteiger charge is -2.09. The molecule has 0 aliphatic heterocycles. The highest BCUT2D eigenvalue weighted by atomic mass is 79.9. The third-order valence-corrected chi connectivity index (χ3v) is 3.51. The van der Waals surface area contributed by atoms with Gasteiger partial charge in [-0.05, 0) is 48.0 Å². The highest BCUT2D eigenvalue weighted by molar-refractivity contribution is 9.10. The molecule has 0 atom stereocenters. The molecule has 2 N–H and O–H groups in total. The average molecular weight is 325 g/mol. The molecule has 1 aromatic carbocycles. The summed E-state index contributed by atoms with van der Waals surface area (Å²) in [4.78, 5) is 10.8. The first-order chi connectivity index (χ1) is 8.99. The molecule has 1 heterocycles. The highest BCUT2D eigenvalue weighted by Gasteiger charge is 2.10. The van der Waals surface area contributed by atoms with Crippen molar-refractivity contribution in [1.29, 1.82) is 0 Å². The monoisotopic (exact) mass is 324 g/mol. The molecule has 0 fully saturated rings. The van der Waals surface area contributed by atoms with Crippen molar-refractivity contribution < 1.29 is 14.4 Å². The number of hydrogen-bond acceptors (Lipinski definition) is 4. The van der Waals surface area contributed by atoms with Gasteiger partial charge in [-0.2, -0.15) is 0 Å². The van der Waals surface area contributed by atoms with Crippen molar-refractivity contribution >= 4 is 27.6 Å². The Kier molecular flexibility index (Phi) is 3.90. The van der Waals surface area contributed by atoms with Gasteiger partial charge in [0.05, 0.1) is 11.3 Å². The zero-order valence-electron chi connectivity index (χ0n) is 10.5. The average Bonchev–Trinajstić information content (AvgIpc) is 2.68. The summed E-state index contributed by atoms with van der Waals surface area (Å²) in [5, 5.41) is 16.0. The van der Waals surface area contributed by atoms with E-state index in [0.29, 0.717) is 11.0 Å². The highest BCUT2D eigenvalue weighted by Crippen LogP contribution is 2.25. The van der Waals surface area contributed by atoms with Gasteiger partial charge in [-0.3, -0.25) is 0 Å². The van der Waals surface area contributed by atoms with E-state index < -0.39 is 5.97 Å². The molecule has 19 heavy (non-hydrogen) atoms. The van der Waals surface area contributed by atoms with Gasteiger partial charge in [-0.25, -0.2) is 4.79 Å². The van der Waals surface area contributed by atoms with Gasteiger partial charge >= 0.3 is 5.97 Å². The third kappa shape index (κ3) is 2.96. The molecule has 2 rings (SSSR count). The molecule has 0 saturated heterocycles. The largest absolute Gasteiger partial charge is 0.478 e. The molecule has 6 heteroatoms. The van der Waals surface area contributed by atoms with Crippen LogP contribution in [-0.2, 0) is 6.54 Å². The van der Waals surface area contributed by atoms with E-state index in [1.165, 1.54) is 0 Å². The van der Waals surface area contributed by atoms with Gasteiger partial charge < -0.3 is 14.9 Å². The summed E-state index contributed by atoms with van der Waals surface area (Å²) in [6.07, 6.45) is 0. The molecule has 0 saturated carbocycles. The van der Waals surface area contributed by atoms with E-state index in [1.54, 1.807) is 18.2 Å². The Hall–Kier alpha value is -1.82. The number of halogens is 1. The van der Waals surface area contributed by atoms with E-state index in [2.05, 4.69) is 26.4 Å². The Balaban J connectivity index is 2.14. The van der Waals surface area contributed by atoms with E-state index in [-0.39, 0.29) is 5.56 Å². The van der Waals surface area contributed by atoms with Gasteiger partial charge in [-0.1, -0.05) is 5.16 Å². The van der Waals surface area contributed by atoms with E-state index in [0.717, 1.165) is 22.7 Å². The predicted octanol–water partition coefficient (Wildman–Crippen LogP) is 3.36. The summed E-state index contributed by atoms with van der Waals surface area (Å²) in [7, 11) is 0. The van der Waals surface area contributed by atoms with Crippen LogP contribution in [0.3, 0.4) is 0 Å². The summed E-state index contributed by atoms with van der Waals surface area (Å²) in [6, 6.07) is 4.85. The molecule has 0 aliphatic carbocycles. The topological polar surface area (TPSA) is 75.4 Å². The Morgan fingerprint density at radius 3 is 2.74 bits per heavy atom. The van der Waals surface area contributed by atoms with Crippen molar-refractivity contribution in [3.8, 4) is 0 Å². The Morgan fingerprint density at radius 1 is 1.47 bits per heavy atom. The molecule has 0 unspecified atom stereocenters. The molecule has 100 valence electrons. The minimum atomic E-state index is -0.946. The molecule has 0 radical (unpaired) electrons. The van der Waals surface area contributed by atoms with Gasteiger partial charge in [0.25, 0.3) is 0 Å². The Morgan fingerprint density at radius 2 is 2.21 bits per heavy atom. The standard InChI is InChI=1S/C13H13BrN2O3/c1-7-10(8(2)19-16-7)6-15-12-4-3-9(13(17)18)5-11(12)14/h3-5,15H,6H2,1-2H3,(H,17,18). The lowest BCUT2D eigenvalue weighted by Crippen LogP contribution is -2.03. The van der Waals surface area contributed by atoms with Crippen LogP contribution in [0.25, 0.3) is 0 Å². The number of aryl methyl sites for hydroxylation is 2. The molecule has 0 amide bonds. The quantitative estimate of drug-likeness (QED) is 0.901. The fourth-order valence-corrected chi connectivity index (χ4v) is 2.25. The van der Waals surface area contributed by atoms with Crippen LogP contribution >= 0.6 is 15.9 Å². The van der Waals surface area contributed by atoms with Crippen molar-refractivity contribution in [2.24, 2.45) is 0 Å². The smallest absolute Gasteiger partial charge is 0.335 e. The van der Waals surface area contributed by atoms with Crippen LogP contribution in [0, 0.1) is 13.8 Å².